The maximum Gasteiger partial charge on any atom is 0.217 e. The molecule has 2 aliphatic carbocycles. The largest absolute Gasteiger partial charge is 0.508 e. The number of nitrogens with one attached hydrogen (secondary N) is 1. The normalized spacial score (nSPS) is 39.5. The Kier molecular flexibility index (Phi) is 3.47. The minimum atomic E-state index is 0.0664. The maximum atomic E-state index is 11.9. The molecule has 24 heavy (non-hydrogen) atoms. The van der Waals surface area contributed by atoms with Gasteiger partial charge in [0, 0.05) is 19.6 Å². The Balaban J connectivity index is 1.71. The van der Waals surface area contributed by atoms with Crippen LogP contribution in [-0.2, 0) is 9.53 Å². The number of phenols is 1. The summed E-state index contributed by atoms with van der Waals surface area (Å²) in [6.07, 6.45) is 3.44. The fraction of sp³-hybridized carbons (Fsp3) is 0.650. The first-order chi connectivity index (χ1) is 11.3. The second-order valence-corrected chi connectivity index (χ2v) is 8.56. The third-order valence-corrected chi connectivity index (χ3v) is 7.07. The highest BCUT2D eigenvalue weighted by Crippen LogP contribution is 2.70. The fourth-order valence-corrected chi connectivity index (χ4v) is 5.98. The smallest absolute Gasteiger partial charge is 0.217 e. The van der Waals surface area contributed by atoms with Crippen molar-refractivity contribution in [2.24, 2.45) is 22.7 Å². The van der Waals surface area contributed by atoms with E-state index in [0.29, 0.717) is 11.8 Å². The molecule has 3 aliphatic rings. The molecular weight excluding hydrogens is 302 g/mol. The molecule has 1 saturated heterocycles. The van der Waals surface area contributed by atoms with E-state index < -0.39 is 0 Å². The van der Waals surface area contributed by atoms with Crippen molar-refractivity contribution in [1.29, 1.82) is 0 Å². The van der Waals surface area contributed by atoms with Gasteiger partial charge in [-0.05, 0) is 59.6 Å². The minimum Gasteiger partial charge on any atom is -0.508 e. The Morgan fingerprint density at radius 3 is 2.67 bits per heavy atom. The van der Waals surface area contributed by atoms with Crippen LogP contribution in [0.4, 0.5) is 0 Å². The molecule has 1 heterocycles. The van der Waals surface area contributed by atoms with Gasteiger partial charge >= 0.3 is 0 Å². The number of carbonyl (C=O) groups is 1. The number of amides is 1. The predicted octanol–water partition coefficient (Wildman–Crippen LogP) is 3.41. The van der Waals surface area contributed by atoms with Crippen LogP contribution in [0, 0.1) is 22.7 Å². The molecule has 2 saturated carbocycles. The molecule has 1 unspecified atom stereocenters. The summed E-state index contributed by atoms with van der Waals surface area (Å²) >= 11 is 0. The number of hydrogen-bond donors (Lipinski definition) is 2. The zero-order valence-electron chi connectivity index (χ0n) is 14.7. The molecule has 1 aromatic carbocycles. The lowest BCUT2D eigenvalue weighted by atomic mass is 9.59. The summed E-state index contributed by atoms with van der Waals surface area (Å²) in [5.74, 6) is 1.42. The van der Waals surface area contributed by atoms with Crippen molar-refractivity contribution in [3.05, 3.63) is 29.8 Å². The molecule has 1 amide bonds. The summed E-state index contributed by atoms with van der Waals surface area (Å²) in [6.45, 7) is 6.99. The second-order valence-electron chi connectivity index (χ2n) is 8.56. The number of benzene rings is 1. The number of aromatic hydroxyl groups is 1. The number of hydrogen-bond acceptors (Lipinski definition) is 3. The van der Waals surface area contributed by atoms with Gasteiger partial charge in [-0.15, -0.1) is 0 Å². The van der Waals surface area contributed by atoms with Crippen LogP contribution >= 0.6 is 0 Å². The standard InChI is InChI=1S/C20H27NO3/c1-12(22)21-18-19(2,3)14-10-16-17(13-4-6-15(23)7-5-13)24-9-8-20(16,18)11-14/h4-7,14,16-18,23H,8-11H2,1-3H3,(H,21,22)/t14-,16-,17-,18-,20?/m1/s1. The lowest BCUT2D eigenvalue weighted by molar-refractivity contribution is -0.136. The highest BCUT2D eigenvalue weighted by Gasteiger charge is 2.68. The fourth-order valence-electron chi connectivity index (χ4n) is 5.98. The molecule has 1 aromatic rings. The van der Waals surface area contributed by atoms with Crippen molar-refractivity contribution in [3.8, 4) is 5.75 Å². The van der Waals surface area contributed by atoms with Gasteiger partial charge < -0.3 is 15.2 Å². The van der Waals surface area contributed by atoms with Crippen LogP contribution in [0.3, 0.4) is 0 Å². The second kappa shape index (κ2) is 5.22. The van der Waals surface area contributed by atoms with Crippen molar-refractivity contribution in [1.82, 2.24) is 5.32 Å². The summed E-state index contributed by atoms with van der Waals surface area (Å²) < 4.78 is 6.19. The monoisotopic (exact) mass is 329 g/mol. The van der Waals surface area contributed by atoms with Gasteiger partial charge in [0.05, 0.1) is 6.10 Å². The molecule has 5 atom stereocenters. The third kappa shape index (κ3) is 2.12. The van der Waals surface area contributed by atoms with Gasteiger partial charge in [-0.2, -0.15) is 0 Å². The van der Waals surface area contributed by atoms with Crippen molar-refractivity contribution < 1.29 is 14.6 Å². The van der Waals surface area contributed by atoms with Crippen LogP contribution in [-0.4, -0.2) is 23.7 Å². The number of rotatable bonds is 2. The highest BCUT2D eigenvalue weighted by molar-refractivity contribution is 5.73. The Bertz CT molecular complexity index is 653. The van der Waals surface area contributed by atoms with Crippen LogP contribution in [0.1, 0.15) is 51.7 Å². The summed E-state index contributed by atoms with van der Waals surface area (Å²) in [6, 6.07) is 7.65. The average molecular weight is 329 g/mol. The van der Waals surface area contributed by atoms with Crippen LogP contribution in [0.25, 0.3) is 0 Å². The number of phenolic OH excluding ortho intramolecular Hbond substituents is 1. The summed E-state index contributed by atoms with van der Waals surface area (Å²) in [5.41, 5.74) is 1.42. The summed E-state index contributed by atoms with van der Waals surface area (Å²) in [7, 11) is 0. The maximum absolute atomic E-state index is 11.9. The average Bonchev–Trinajstić information content (AvgIpc) is 3.01. The van der Waals surface area contributed by atoms with Gasteiger partial charge in [0.25, 0.3) is 0 Å². The summed E-state index contributed by atoms with van der Waals surface area (Å²) in [4.78, 5) is 11.9. The topological polar surface area (TPSA) is 58.6 Å². The van der Waals surface area contributed by atoms with E-state index in [1.165, 1.54) is 6.42 Å². The SMILES string of the molecule is CC(=O)N[C@@H]1C(C)(C)[C@@H]2C[C@@H]3[C@@H](c4ccc(O)cc4)OCCC31C2. The highest BCUT2D eigenvalue weighted by atomic mass is 16.5. The van der Waals surface area contributed by atoms with E-state index in [0.717, 1.165) is 25.0 Å². The van der Waals surface area contributed by atoms with E-state index in [1.54, 1.807) is 19.1 Å². The molecular formula is C20H27NO3. The van der Waals surface area contributed by atoms with Crippen molar-refractivity contribution in [2.45, 2.75) is 52.2 Å². The molecule has 0 radical (unpaired) electrons. The molecule has 1 aliphatic heterocycles. The lowest BCUT2D eigenvalue weighted by Crippen LogP contribution is -2.58. The predicted molar refractivity (Wildman–Crippen MR) is 91.4 cm³/mol. The van der Waals surface area contributed by atoms with E-state index in [4.69, 9.17) is 4.74 Å². The van der Waals surface area contributed by atoms with Gasteiger partial charge in [0.15, 0.2) is 0 Å². The molecule has 4 rings (SSSR count). The Morgan fingerprint density at radius 1 is 1.29 bits per heavy atom. The Labute approximate surface area is 143 Å². The van der Waals surface area contributed by atoms with Gasteiger partial charge in [0.2, 0.25) is 5.91 Å². The van der Waals surface area contributed by atoms with Crippen LogP contribution in [0.2, 0.25) is 0 Å². The van der Waals surface area contributed by atoms with E-state index in [9.17, 15) is 9.90 Å². The number of fused-ring (bicyclic) bond motifs is 1. The zero-order valence-corrected chi connectivity index (χ0v) is 14.7. The number of carbonyl (C=O) groups excluding carboxylic acids is 1. The third-order valence-electron chi connectivity index (χ3n) is 7.07. The minimum absolute atomic E-state index is 0.0664. The van der Waals surface area contributed by atoms with Gasteiger partial charge in [0.1, 0.15) is 5.75 Å². The Morgan fingerprint density at radius 2 is 2.00 bits per heavy atom. The van der Waals surface area contributed by atoms with Crippen LogP contribution < -0.4 is 5.32 Å². The van der Waals surface area contributed by atoms with Crippen molar-refractivity contribution >= 4 is 5.91 Å². The van der Waals surface area contributed by atoms with E-state index in [1.807, 2.05) is 12.1 Å². The van der Waals surface area contributed by atoms with Crippen molar-refractivity contribution in [3.63, 3.8) is 0 Å². The molecule has 0 aromatic heterocycles. The first-order valence-electron chi connectivity index (χ1n) is 9.02. The number of ether oxygens (including phenoxy) is 1. The van der Waals surface area contributed by atoms with Crippen molar-refractivity contribution in [2.75, 3.05) is 6.61 Å². The molecule has 4 nitrogen and oxygen atoms in total. The first kappa shape index (κ1) is 15.9. The van der Waals surface area contributed by atoms with Gasteiger partial charge in [-0.1, -0.05) is 26.0 Å². The lowest BCUT2D eigenvalue weighted by Gasteiger charge is -2.53. The molecule has 3 fully saturated rings. The van der Waals surface area contributed by atoms with E-state index in [2.05, 4.69) is 19.2 Å². The molecule has 2 N–H and O–H groups in total. The molecule has 2 bridgehead atoms. The molecule has 130 valence electrons. The molecule has 4 heteroatoms. The van der Waals surface area contributed by atoms with E-state index >= 15 is 0 Å². The Hall–Kier alpha value is -1.55. The zero-order chi connectivity index (χ0) is 17.1. The molecule has 1 spiro atoms. The van der Waals surface area contributed by atoms with E-state index in [-0.39, 0.29) is 34.6 Å². The summed E-state index contributed by atoms with van der Waals surface area (Å²) in [5, 5.41) is 12.9. The van der Waals surface area contributed by atoms with Gasteiger partial charge in [-0.3, -0.25) is 4.79 Å². The quantitative estimate of drug-likeness (QED) is 0.874. The van der Waals surface area contributed by atoms with Crippen LogP contribution in [0.15, 0.2) is 24.3 Å². The van der Waals surface area contributed by atoms with Crippen LogP contribution in [0.5, 0.6) is 5.75 Å². The van der Waals surface area contributed by atoms with Gasteiger partial charge in [-0.25, -0.2) is 0 Å². The first-order valence-corrected chi connectivity index (χ1v) is 9.02.